The van der Waals surface area contributed by atoms with Crippen molar-refractivity contribution in [3.8, 4) is 0 Å². The van der Waals surface area contributed by atoms with Crippen LogP contribution >= 0.6 is 12.2 Å². The number of carbonyl (C=O) groups excluding carboxylic acids is 2. The lowest BCUT2D eigenvalue weighted by Crippen LogP contribution is -2.49. The summed E-state index contributed by atoms with van der Waals surface area (Å²) in [4.78, 5) is 26.9. The van der Waals surface area contributed by atoms with E-state index in [-0.39, 0.29) is 17.4 Å². The molecule has 1 heterocycles. The summed E-state index contributed by atoms with van der Waals surface area (Å²) in [7, 11) is 0. The van der Waals surface area contributed by atoms with E-state index in [1.54, 1.807) is 0 Å². The zero-order valence-electron chi connectivity index (χ0n) is 12.5. The van der Waals surface area contributed by atoms with Crippen LogP contribution in [0.1, 0.15) is 51.9 Å². The largest absolute Gasteiger partial charge is 0.393 e. The highest BCUT2D eigenvalue weighted by Crippen LogP contribution is 2.50. The maximum Gasteiger partial charge on any atom is 0.325 e. The molecular weight excluding hydrogens is 286 g/mol. The molecule has 0 atom stereocenters. The molecule has 0 bridgehead atoms. The lowest BCUT2D eigenvalue weighted by Gasteiger charge is -2.33. The molecule has 5 nitrogen and oxygen atoms in total. The molecule has 0 unspecified atom stereocenters. The van der Waals surface area contributed by atoms with Crippen LogP contribution in [-0.4, -0.2) is 33.9 Å². The van der Waals surface area contributed by atoms with Gasteiger partial charge in [0.05, 0.1) is 4.99 Å². The predicted molar refractivity (Wildman–Crippen MR) is 83.7 cm³/mol. The fraction of sp³-hybridized carbons (Fsp3) is 0.800. The van der Waals surface area contributed by atoms with E-state index in [1.165, 1.54) is 4.90 Å². The Morgan fingerprint density at radius 2 is 1.95 bits per heavy atom. The van der Waals surface area contributed by atoms with Gasteiger partial charge in [-0.25, -0.2) is 4.79 Å². The average molecular weight is 309 g/mol. The number of nitrogens with zero attached hydrogens (tertiary/aromatic N) is 1. The van der Waals surface area contributed by atoms with Gasteiger partial charge < -0.3 is 11.1 Å². The van der Waals surface area contributed by atoms with Crippen LogP contribution in [0.2, 0.25) is 0 Å². The van der Waals surface area contributed by atoms with Crippen molar-refractivity contribution < 1.29 is 9.59 Å². The Bertz CT molecular complexity index is 493. The quantitative estimate of drug-likeness (QED) is 0.615. The Morgan fingerprint density at radius 3 is 2.48 bits per heavy atom. The molecule has 116 valence electrons. The lowest BCUT2D eigenvalue weighted by atomic mass is 9.77. The second kappa shape index (κ2) is 4.93. The normalized spacial score (nSPS) is 34.1. The minimum Gasteiger partial charge on any atom is -0.393 e. The monoisotopic (exact) mass is 309 g/mol. The summed E-state index contributed by atoms with van der Waals surface area (Å²) in [6, 6.07) is -0.233. The van der Waals surface area contributed by atoms with Gasteiger partial charge in [-0.1, -0.05) is 19.1 Å². The number of rotatable bonds is 4. The molecule has 1 spiro atoms. The van der Waals surface area contributed by atoms with E-state index in [0.717, 1.165) is 38.5 Å². The Balaban J connectivity index is 1.71. The highest BCUT2D eigenvalue weighted by atomic mass is 32.1. The Hall–Kier alpha value is -1.17. The van der Waals surface area contributed by atoms with Crippen LogP contribution in [0.5, 0.6) is 0 Å². The molecule has 3 rings (SSSR count). The molecule has 0 aromatic heterocycles. The van der Waals surface area contributed by atoms with Gasteiger partial charge in [0.1, 0.15) is 5.54 Å². The summed E-state index contributed by atoms with van der Waals surface area (Å²) < 4.78 is 0. The molecule has 3 aliphatic rings. The van der Waals surface area contributed by atoms with E-state index >= 15 is 0 Å². The van der Waals surface area contributed by atoms with Crippen molar-refractivity contribution in [2.45, 2.75) is 57.4 Å². The van der Waals surface area contributed by atoms with Crippen LogP contribution in [0.4, 0.5) is 4.79 Å². The van der Waals surface area contributed by atoms with Gasteiger partial charge in [-0.3, -0.25) is 9.69 Å². The van der Waals surface area contributed by atoms with Gasteiger partial charge in [-0.2, -0.15) is 0 Å². The fourth-order valence-corrected chi connectivity index (χ4v) is 3.99. The Kier molecular flexibility index (Phi) is 3.47. The van der Waals surface area contributed by atoms with Gasteiger partial charge in [-0.05, 0) is 49.9 Å². The summed E-state index contributed by atoms with van der Waals surface area (Å²) in [5.41, 5.74) is 4.96. The van der Waals surface area contributed by atoms with E-state index in [2.05, 4.69) is 12.2 Å². The molecule has 0 radical (unpaired) electrons. The van der Waals surface area contributed by atoms with Crippen LogP contribution in [0.15, 0.2) is 0 Å². The van der Waals surface area contributed by atoms with E-state index in [9.17, 15) is 9.59 Å². The van der Waals surface area contributed by atoms with Gasteiger partial charge >= 0.3 is 6.03 Å². The molecule has 3 N–H and O–H groups in total. The summed E-state index contributed by atoms with van der Waals surface area (Å²) in [5, 5.41) is 2.97. The SMILES string of the molecule is CC1CCC2(CC1)NC(=O)N(CC1(CC(N)=S)CC1)C2=O. The van der Waals surface area contributed by atoms with Crippen molar-refractivity contribution in [1.29, 1.82) is 0 Å². The average Bonchev–Trinajstić information content (AvgIpc) is 3.12. The van der Waals surface area contributed by atoms with Gasteiger partial charge in [0.25, 0.3) is 5.91 Å². The second-order valence-electron chi connectivity index (χ2n) is 7.23. The number of hydrogen-bond acceptors (Lipinski definition) is 3. The molecule has 3 amide bonds. The van der Waals surface area contributed by atoms with Crippen molar-refractivity contribution >= 4 is 29.1 Å². The van der Waals surface area contributed by atoms with Crippen LogP contribution in [0, 0.1) is 11.3 Å². The molecule has 0 aromatic carbocycles. The third kappa shape index (κ3) is 2.65. The molecule has 2 saturated carbocycles. The molecule has 2 aliphatic carbocycles. The highest BCUT2D eigenvalue weighted by molar-refractivity contribution is 7.80. The van der Waals surface area contributed by atoms with Gasteiger partial charge in [0, 0.05) is 13.0 Å². The number of urea groups is 1. The fourth-order valence-electron chi connectivity index (χ4n) is 3.69. The van der Waals surface area contributed by atoms with Gasteiger partial charge in [0.2, 0.25) is 0 Å². The third-order valence-electron chi connectivity index (χ3n) is 5.37. The lowest BCUT2D eigenvalue weighted by molar-refractivity contribution is -0.133. The summed E-state index contributed by atoms with van der Waals surface area (Å²) >= 11 is 4.99. The maximum absolute atomic E-state index is 12.8. The van der Waals surface area contributed by atoms with Crippen LogP contribution in [-0.2, 0) is 4.79 Å². The van der Waals surface area contributed by atoms with Crippen molar-refractivity contribution in [2.75, 3.05) is 6.54 Å². The molecule has 1 aliphatic heterocycles. The number of imide groups is 1. The minimum atomic E-state index is -0.636. The van der Waals surface area contributed by atoms with Crippen molar-refractivity contribution in [2.24, 2.45) is 17.1 Å². The highest BCUT2D eigenvalue weighted by Gasteiger charge is 2.55. The first-order valence-corrected chi connectivity index (χ1v) is 8.19. The standard InChI is InChI=1S/C15H23N3O2S/c1-10-2-4-15(5-3-10)12(19)18(13(20)17-15)9-14(6-7-14)8-11(16)21/h10H,2-9H2,1H3,(H2,16,21)(H,17,20). The van der Waals surface area contributed by atoms with Crippen molar-refractivity contribution in [1.82, 2.24) is 10.2 Å². The predicted octanol–water partition coefficient (Wildman–Crippen LogP) is 1.94. The Labute approximate surface area is 130 Å². The third-order valence-corrected chi connectivity index (χ3v) is 5.52. The number of thiocarbonyl (C=S) groups is 1. The molecule has 0 aromatic rings. The van der Waals surface area contributed by atoms with Crippen LogP contribution in [0.3, 0.4) is 0 Å². The first kappa shape index (κ1) is 14.8. The first-order valence-electron chi connectivity index (χ1n) is 7.78. The van der Waals surface area contributed by atoms with Crippen molar-refractivity contribution in [3.63, 3.8) is 0 Å². The molecular formula is C15H23N3O2S. The van der Waals surface area contributed by atoms with Gasteiger partial charge in [0.15, 0.2) is 0 Å². The smallest absolute Gasteiger partial charge is 0.325 e. The number of carbonyl (C=O) groups is 2. The summed E-state index contributed by atoms with van der Waals surface area (Å²) in [6.07, 6.45) is 6.13. The van der Waals surface area contributed by atoms with Crippen LogP contribution < -0.4 is 11.1 Å². The molecule has 1 saturated heterocycles. The number of amides is 3. The Morgan fingerprint density at radius 1 is 1.33 bits per heavy atom. The summed E-state index contributed by atoms with van der Waals surface area (Å²) in [5.74, 6) is 0.604. The zero-order valence-corrected chi connectivity index (χ0v) is 13.3. The molecule has 21 heavy (non-hydrogen) atoms. The van der Waals surface area contributed by atoms with E-state index in [0.29, 0.717) is 23.9 Å². The zero-order chi connectivity index (χ0) is 15.3. The number of nitrogens with one attached hydrogen (secondary N) is 1. The number of hydrogen-bond donors (Lipinski definition) is 2. The van der Waals surface area contributed by atoms with Crippen molar-refractivity contribution in [3.05, 3.63) is 0 Å². The number of nitrogens with two attached hydrogens (primary N) is 1. The first-order chi connectivity index (χ1) is 9.86. The van der Waals surface area contributed by atoms with E-state index in [1.807, 2.05) is 0 Å². The second-order valence-corrected chi connectivity index (χ2v) is 7.75. The molecule has 3 fully saturated rings. The molecule has 6 heteroatoms. The minimum absolute atomic E-state index is 0.0337. The van der Waals surface area contributed by atoms with Crippen LogP contribution in [0.25, 0.3) is 0 Å². The summed E-state index contributed by atoms with van der Waals surface area (Å²) in [6.45, 7) is 2.67. The van der Waals surface area contributed by atoms with E-state index in [4.69, 9.17) is 18.0 Å². The van der Waals surface area contributed by atoms with Gasteiger partial charge in [-0.15, -0.1) is 0 Å². The maximum atomic E-state index is 12.8. The topological polar surface area (TPSA) is 75.4 Å². The van der Waals surface area contributed by atoms with E-state index < -0.39 is 5.54 Å².